The maximum atomic E-state index is 15.2. The Kier molecular flexibility index (Phi) is 40.8. The molecule has 135 heavy (non-hydrogen) atoms. The van der Waals surface area contributed by atoms with E-state index in [1.54, 1.807) is 58.3 Å². The van der Waals surface area contributed by atoms with Crippen LogP contribution in [0.3, 0.4) is 0 Å². The van der Waals surface area contributed by atoms with Crippen LogP contribution in [0.4, 0.5) is 4.79 Å². The SMILES string of the molecule is CCC(=O)[C@H](CC(=O)[C@H](CC(=O)C(C)(C)NC(=O)CCC(=O)[C@H](CC(=O)[C@H]1CCCN1C(=O)[C@@H](CSCc1cc2cc(c1)CSC[C@@H](C)C(=O)N1CCC[C@@H]1C(=O)C[C@H](C(C)(C)C)C(=O)C[C@H](CC(N)=O)C(=O)C[C@H](CCCNC(N)=O)C(=O)NC(C)(C)C(=O)CCC(=O)C[C@@H](C(N)=O)CSC2)CC(C)=O)Cc1cccc2ccccc12)Cc1ccccc1)Cc1cccc2ccccc12. The molecule has 726 valence electrons. The fourth-order valence-corrected chi connectivity index (χ4v) is 22.0. The van der Waals surface area contributed by atoms with Crippen LogP contribution >= 0.6 is 35.3 Å². The number of Topliss-reactive ketones (excluding diaryl/α,β-unsaturated/α-hetero) is 11. The maximum Gasteiger partial charge on any atom is 0.312 e. The molecule has 26 nitrogen and oxygen atoms in total. The molecule has 0 saturated carbocycles. The van der Waals surface area contributed by atoms with Gasteiger partial charge >= 0.3 is 6.03 Å². The molecule has 0 aromatic heterocycles. The van der Waals surface area contributed by atoms with Crippen molar-refractivity contribution in [2.24, 2.45) is 75.9 Å². The number of hydrogen-bond acceptors (Lipinski definition) is 21. The smallest absolute Gasteiger partial charge is 0.312 e. The van der Waals surface area contributed by atoms with Crippen LogP contribution in [0.5, 0.6) is 0 Å². The minimum absolute atomic E-state index is 0.0161. The molecule has 8 amide bonds. The number of amides is 8. The van der Waals surface area contributed by atoms with Gasteiger partial charge in [-0.05, 0) is 153 Å². The van der Waals surface area contributed by atoms with E-state index in [1.165, 1.54) is 56.1 Å². The Bertz CT molecular complexity index is 5330. The van der Waals surface area contributed by atoms with Crippen LogP contribution in [-0.4, -0.2) is 175 Å². The van der Waals surface area contributed by atoms with Gasteiger partial charge in [-0.3, -0.25) is 76.7 Å². The molecule has 0 radical (unpaired) electrons. The highest BCUT2D eigenvalue weighted by Gasteiger charge is 2.45. The highest BCUT2D eigenvalue weighted by atomic mass is 32.2. The molecule has 6 aromatic rings. The van der Waals surface area contributed by atoms with Gasteiger partial charge in [0.15, 0.2) is 23.1 Å². The third-order valence-electron chi connectivity index (χ3n) is 26.5. The molecule has 0 spiro atoms. The fourth-order valence-electron chi connectivity index (χ4n) is 18.8. The number of nitrogens with one attached hydrogen (secondary N) is 3. The Labute approximate surface area is 805 Å². The summed E-state index contributed by atoms with van der Waals surface area (Å²) < 4.78 is 0. The van der Waals surface area contributed by atoms with Crippen molar-refractivity contribution in [3.8, 4) is 0 Å². The molecule has 3 aliphatic rings. The number of rotatable bonds is 36. The van der Waals surface area contributed by atoms with E-state index in [-0.39, 0.29) is 167 Å². The van der Waals surface area contributed by atoms with Crippen LogP contribution in [0, 0.1) is 58.7 Å². The molecule has 3 aliphatic heterocycles. The molecule has 2 saturated heterocycles. The number of thioether (sulfide) groups is 3. The van der Waals surface area contributed by atoms with Gasteiger partial charge in [0, 0.05) is 185 Å². The van der Waals surface area contributed by atoms with Crippen LogP contribution in [0.25, 0.3) is 21.5 Å². The van der Waals surface area contributed by atoms with Crippen LogP contribution < -0.4 is 33.2 Å². The van der Waals surface area contributed by atoms with Crippen molar-refractivity contribution < 1.29 is 86.3 Å². The van der Waals surface area contributed by atoms with Gasteiger partial charge in [-0.25, -0.2) is 4.79 Å². The summed E-state index contributed by atoms with van der Waals surface area (Å²) >= 11 is 4.28. The van der Waals surface area contributed by atoms with Crippen molar-refractivity contribution in [2.75, 3.05) is 36.9 Å². The predicted octanol–water partition coefficient (Wildman–Crippen LogP) is 14.0. The van der Waals surface area contributed by atoms with Crippen molar-refractivity contribution in [1.82, 2.24) is 25.8 Å². The molecule has 9 rings (SSSR count). The van der Waals surface area contributed by atoms with Gasteiger partial charge in [0.1, 0.15) is 40.5 Å². The maximum absolute atomic E-state index is 15.2. The lowest BCUT2D eigenvalue weighted by Crippen LogP contribution is -2.52. The highest BCUT2D eigenvalue weighted by molar-refractivity contribution is 7.99. The van der Waals surface area contributed by atoms with E-state index in [4.69, 9.17) is 17.2 Å². The van der Waals surface area contributed by atoms with E-state index in [9.17, 15) is 76.7 Å². The minimum atomic E-state index is -1.61. The average Bonchev–Trinajstić information content (AvgIpc) is 1.53. The number of urea groups is 1. The monoisotopic (exact) mass is 1900 g/mol. The Hall–Kier alpha value is -10.7. The summed E-state index contributed by atoms with van der Waals surface area (Å²) in [7, 11) is 0. The Morgan fingerprint density at radius 3 is 1.80 bits per heavy atom. The first-order chi connectivity index (χ1) is 64.0. The number of nitrogens with zero attached hydrogens (tertiary/aromatic N) is 2. The molecule has 0 unspecified atom stereocenters. The normalized spacial score (nSPS) is 20.6. The van der Waals surface area contributed by atoms with Crippen molar-refractivity contribution in [3.05, 3.63) is 167 Å². The van der Waals surface area contributed by atoms with Crippen LogP contribution in [0.1, 0.15) is 231 Å². The lowest BCUT2D eigenvalue weighted by molar-refractivity contribution is -0.142. The zero-order chi connectivity index (χ0) is 98.6. The predicted molar refractivity (Wildman–Crippen MR) is 527 cm³/mol. The van der Waals surface area contributed by atoms with Gasteiger partial charge in [0.25, 0.3) is 0 Å². The fraction of sp³-hybridized carbons (Fsp3) is 0.528. The van der Waals surface area contributed by atoms with Crippen molar-refractivity contribution >= 4 is 162 Å². The second kappa shape index (κ2) is 51.0. The van der Waals surface area contributed by atoms with Crippen LogP contribution in [-0.2, 0) is 118 Å². The molecule has 11 atom stereocenters. The first-order valence-electron chi connectivity index (χ1n) is 47.4. The number of primary amides is 3. The summed E-state index contributed by atoms with van der Waals surface area (Å²) in [6.45, 7) is 16.9. The summed E-state index contributed by atoms with van der Waals surface area (Å²) in [6, 6.07) is 39.9. The van der Waals surface area contributed by atoms with Gasteiger partial charge in [-0.15, -0.1) is 0 Å². The van der Waals surface area contributed by atoms with E-state index >= 15 is 9.59 Å². The van der Waals surface area contributed by atoms with Crippen molar-refractivity contribution in [2.45, 2.75) is 257 Å². The van der Waals surface area contributed by atoms with Gasteiger partial charge in [-0.1, -0.05) is 168 Å². The second-order valence-electron chi connectivity index (χ2n) is 39.3. The third-order valence-corrected chi connectivity index (χ3v) is 30.2. The molecular formula is C106H136N8O18S3. The molecule has 9 N–H and O–H groups in total. The molecule has 3 heterocycles. The summed E-state index contributed by atoms with van der Waals surface area (Å²) in [5, 5.41) is 11.8. The number of benzene rings is 6. The molecule has 2 fully saturated rings. The first kappa shape index (κ1) is 108. The van der Waals surface area contributed by atoms with E-state index in [0.717, 1.165) is 54.9 Å². The topological polar surface area (TPSA) is 428 Å². The Morgan fingerprint density at radius 2 is 1.19 bits per heavy atom. The number of carbonyl (C=O) groups is 18. The van der Waals surface area contributed by atoms with Gasteiger partial charge in [0.2, 0.25) is 35.4 Å². The summed E-state index contributed by atoms with van der Waals surface area (Å²) in [4.78, 5) is 257. The lowest BCUT2D eigenvalue weighted by Gasteiger charge is -2.33. The number of likely N-dealkylation sites (tertiary alicyclic amines) is 1. The van der Waals surface area contributed by atoms with Crippen molar-refractivity contribution in [3.63, 3.8) is 0 Å². The highest BCUT2D eigenvalue weighted by Crippen LogP contribution is 2.38. The van der Waals surface area contributed by atoms with Crippen molar-refractivity contribution in [1.29, 1.82) is 0 Å². The van der Waals surface area contributed by atoms with E-state index < -0.39 is 160 Å². The number of hydrogen-bond donors (Lipinski definition) is 6. The Balaban J connectivity index is 0.895. The lowest BCUT2D eigenvalue weighted by atomic mass is 9.72. The zero-order valence-corrected chi connectivity index (χ0v) is 82.3. The quantitative estimate of drug-likeness (QED) is 0.0199. The van der Waals surface area contributed by atoms with Gasteiger partial charge in [-0.2, -0.15) is 35.3 Å². The van der Waals surface area contributed by atoms with E-state index in [1.807, 2.05) is 133 Å². The summed E-state index contributed by atoms with van der Waals surface area (Å²) in [5.74, 6) is -14.3. The van der Waals surface area contributed by atoms with E-state index in [2.05, 4.69) is 16.0 Å². The standard InChI is InChI=1S/C106H136N8O18S3/c1-11-88(117)77(49-73-30-19-28-71-26-15-17-33-83(71)73)53-91(120)76(48-67-24-13-12-14-25-67)56-96(125)106(9,10)111-98(127)40-38-89(118)78(50-74-31-20-29-72-27-16-18-34-84(72)74)55-93(122)86-35-23-43-114(86)102(131)81(44-66(3)115)64-135-62-70-46-68-45-69(47-70)61-134-63-80(99(108)128)51-82(116)37-39-95(124)105(7,8)112-100(129)75(32-21-41-110-103(109)132)52-90(119)79(57-97(107)126)54-92(121)85(104(4,5)6)58-94(123)87-36-22-42-113(87)101(130)65(2)59-133-60-68/h12-20,24-31,33-34,45-47,65,75-81,85-87H,11,21-23,32,35-44,48-64H2,1-10H3,(H2,107,126)(H2,108,128)(H,111,127)(H,112,129)(H3,109,110,132)/t65-,75+,76+,77+,78+,79-,80-,81-,85+,86-,87-/m1/s1. The third kappa shape index (κ3) is 32.5. The number of ketones is 11. The minimum Gasteiger partial charge on any atom is -0.370 e. The van der Waals surface area contributed by atoms with E-state index in [0.29, 0.717) is 61.7 Å². The first-order valence-corrected chi connectivity index (χ1v) is 50.9. The molecule has 29 heteroatoms. The zero-order valence-electron chi connectivity index (χ0n) is 79.9. The summed E-state index contributed by atoms with van der Waals surface area (Å²) in [5.41, 5.74) is 18.1. The molecule has 6 aromatic carbocycles. The largest absolute Gasteiger partial charge is 0.370 e. The van der Waals surface area contributed by atoms with Crippen LogP contribution in [0.2, 0.25) is 0 Å². The number of fused-ring (bicyclic) bond motifs is 5. The number of nitrogens with two attached hydrogens (primary N) is 3. The van der Waals surface area contributed by atoms with Gasteiger partial charge in [0.05, 0.1) is 35.0 Å². The van der Waals surface area contributed by atoms with Crippen LogP contribution in [0.15, 0.2) is 133 Å². The number of carbonyl (C=O) groups excluding carboxylic acids is 18. The Morgan fingerprint density at radius 1 is 0.600 bits per heavy atom. The molecule has 2 bridgehead atoms. The molecule has 0 aliphatic carbocycles. The molecular weight excluding hydrogens is 1770 g/mol. The average molecular weight is 1910 g/mol. The summed E-state index contributed by atoms with van der Waals surface area (Å²) in [6.07, 6.45) is -1.42. The second-order valence-corrected chi connectivity index (χ2v) is 42.4. The van der Waals surface area contributed by atoms with Gasteiger partial charge < -0.3 is 47.7 Å².